The SMILES string of the molecule is CCC1CCCC(NCC(=O)NC(C)C)CC1. The van der Waals surface area contributed by atoms with Crippen LogP contribution < -0.4 is 10.6 Å². The van der Waals surface area contributed by atoms with Crippen molar-refractivity contribution in [2.45, 2.75) is 71.4 Å². The van der Waals surface area contributed by atoms with Crippen molar-refractivity contribution in [1.82, 2.24) is 10.6 Å². The first-order chi connectivity index (χ1) is 8.11. The first-order valence-corrected chi connectivity index (χ1v) is 7.14. The molecular weight excluding hydrogens is 212 g/mol. The van der Waals surface area contributed by atoms with E-state index in [1.807, 2.05) is 13.8 Å². The summed E-state index contributed by atoms with van der Waals surface area (Å²) < 4.78 is 0. The van der Waals surface area contributed by atoms with Gasteiger partial charge in [-0.1, -0.05) is 26.2 Å². The number of amides is 1. The average Bonchev–Trinajstić information content (AvgIpc) is 2.50. The van der Waals surface area contributed by atoms with E-state index in [1.54, 1.807) is 0 Å². The molecule has 1 amide bonds. The van der Waals surface area contributed by atoms with Gasteiger partial charge in [0.1, 0.15) is 0 Å². The van der Waals surface area contributed by atoms with Gasteiger partial charge in [0.25, 0.3) is 0 Å². The summed E-state index contributed by atoms with van der Waals surface area (Å²) in [7, 11) is 0. The third-order valence-corrected chi connectivity index (χ3v) is 3.67. The molecule has 2 N–H and O–H groups in total. The molecule has 3 nitrogen and oxygen atoms in total. The van der Waals surface area contributed by atoms with Crippen molar-refractivity contribution < 1.29 is 4.79 Å². The van der Waals surface area contributed by atoms with E-state index in [9.17, 15) is 4.79 Å². The van der Waals surface area contributed by atoms with Gasteiger partial charge in [-0.15, -0.1) is 0 Å². The van der Waals surface area contributed by atoms with Crippen LogP contribution in [-0.2, 0) is 4.79 Å². The summed E-state index contributed by atoms with van der Waals surface area (Å²) in [6.07, 6.45) is 7.76. The molecule has 100 valence electrons. The molecule has 0 bridgehead atoms. The lowest BCUT2D eigenvalue weighted by Gasteiger charge is -2.17. The Bertz CT molecular complexity index is 228. The van der Waals surface area contributed by atoms with Gasteiger partial charge in [0.05, 0.1) is 6.54 Å². The van der Waals surface area contributed by atoms with Gasteiger partial charge >= 0.3 is 0 Å². The van der Waals surface area contributed by atoms with Crippen LogP contribution in [0.3, 0.4) is 0 Å². The van der Waals surface area contributed by atoms with E-state index in [4.69, 9.17) is 0 Å². The standard InChI is InChI=1S/C14H28N2O/c1-4-12-6-5-7-13(9-8-12)15-10-14(17)16-11(2)3/h11-13,15H,4-10H2,1-3H3,(H,16,17). The van der Waals surface area contributed by atoms with Gasteiger partial charge < -0.3 is 10.6 Å². The molecule has 17 heavy (non-hydrogen) atoms. The third kappa shape index (κ3) is 6.06. The molecule has 0 radical (unpaired) electrons. The smallest absolute Gasteiger partial charge is 0.234 e. The third-order valence-electron chi connectivity index (χ3n) is 3.67. The van der Waals surface area contributed by atoms with E-state index >= 15 is 0 Å². The van der Waals surface area contributed by atoms with Crippen LogP contribution in [0.25, 0.3) is 0 Å². The second-order valence-corrected chi connectivity index (χ2v) is 5.58. The van der Waals surface area contributed by atoms with E-state index in [0.29, 0.717) is 12.6 Å². The van der Waals surface area contributed by atoms with Crippen LogP contribution in [0.15, 0.2) is 0 Å². The lowest BCUT2D eigenvalue weighted by molar-refractivity contribution is -0.120. The predicted molar refractivity (Wildman–Crippen MR) is 71.9 cm³/mol. The van der Waals surface area contributed by atoms with Crippen molar-refractivity contribution in [2.75, 3.05) is 6.54 Å². The first kappa shape index (κ1) is 14.5. The van der Waals surface area contributed by atoms with Crippen LogP contribution in [-0.4, -0.2) is 24.5 Å². The quantitative estimate of drug-likeness (QED) is 0.725. The molecule has 1 saturated carbocycles. The highest BCUT2D eigenvalue weighted by atomic mass is 16.1. The number of nitrogens with one attached hydrogen (secondary N) is 2. The zero-order valence-electron chi connectivity index (χ0n) is 11.6. The first-order valence-electron chi connectivity index (χ1n) is 7.14. The summed E-state index contributed by atoms with van der Waals surface area (Å²) in [5.74, 6) is 1.03. The molecule has 3 heteroatoms. The minimum absolute atomic E-state index is 0.122. The Morgan fingerprint density at radius 2 is 2.00 bits per heavy atom. The molecule has 0 heterocycles. The molecule has 0 aliphatic heterocycles. The molecule has 1 rings (SSSR count). The summed E-state index contributed by atoms with van der Waals surface area (Å²) in [4.78, 5) is 11.5. The Morgan fingerprint density at radius 3 is 2.65 bits per heavy atom. The molecule has 1 aliphatic carbocycles. The summed E-state index contributed by atoms with van der Waals surface area (Å²) in [6, 6.07) is 0.785. The van der Waals surface area contributed by atoms with Gasteiger partial charge in [-0.3, -0.25) is 4.79 Å². The van der Waals surface area contributed by atoms with Crippen LogP contribution in [0.1, 0.15) is 59.3 Å². The minimum atomic E-state index is 0.122. The van der Waals surface area contributed by atoms with E-state index in [2.05, 4.69) is 17.6 Å². The van der Waals surface area contributed by atoms with Crippen LogP contribution >= 0.6 is 0 Å². The summed E-state index contributed by atoms with van der Waals surface area (Å²) in [5.41, 5.74) is 0. The van der Waals surface area contributed by atoms with Crippen molar-refractivity contribution in [3.05, 3.63) is 0 Å². The van der Waals surface area contributed by atoms with E-state index in [-0.39, 0.29) is 11.9 Å². The Morgan fingerprint density at radius 1 is 1.24 bits per heavy atom. The van der Waals surface area contributed by atoms with E-state index < -0.39 is 0 Å². The van der Waals surface area contributed by atoms with Crippen molar-refractivity contribution in [1.29, 1.82) is 0 Å². The van der Waals surface area contributed by atoms with Crippen molar-refractivity contribution in [3.63, 3.8) is 0 Å². The molecule has 1 aliphatic rings. The van der Waals surface area contributed by atoms with Crippen molar-refractivity contribution >= 4 is 5.91 Å². The largest absolute Gasteiger partial charge is 0.353 e. The summed E-state index contributed by atoms with van der Waals surface area (Å²) in [6.45, 7) is 6.75. The zero-order chi connectivity index (χ0) is 12.7. The highest BCUT2D eigenvalue weighted by molar-refractivity contribution is 5.78. The number of hydrogen-bond acceptors (Lipinski definition) is 2. The van der Waals surface area contributed by atoms with Crippen LogP contribution in [0, 0.1) is 5.92 Å². The van der Waals surface area contributed by atoms with Gasteiger partial charge in [-0.05, 0) is 39.0 Å². The molecule has 0 aromatic rings. The van der Waals surface area contributed by atoms with Gasteiger partial charge in [0, 0.05) is 12.1 Å². The minimum Gasteiger partial charge on any atom is -0.353 e. The van der Waals surface area contributed by atoms with E-state index in [0.717, 1.165) is 5.92 Å². The maximum absolute atomic E-state index is 11.5. The van der Waals surface area contributed by atoms with Gasteiger partial charge in [0.2, 0.25) is 5.91 Å². The Kier molecular flexibility index (Phi) is 6.56. The van der Waals surface area contributed by atoms with E-state index in [1.165, 1.54) is 38.5 Å². The second kappa shape index (κ2) is 7.70. The van der Waals surface area contributed by atoms with Gasteiger partial charge in [-0.2, -0.15) is 0 Å². The van der Waals surface area contributed by atoms with Crippen LogP contribution in [0.5, 0.6) is 0 Å². The Labute approximate surface area is 106 Å². The topological polar surface area (TPSA) is 41.1 Å². The average molecular weight is 240 g/mol. The molecular formula is C14H28N2O. The van der Waals surface area contributed by atoms with Crippen LogP contribution in [0.4, 0.5) is 0 Å². The number of hydrogen-bond donors (Lipinski definition) is 2. The fourth-order valence-corrected chi connectivity index (χ4v) is 2.60. The number of carbonyl (C=O) groups excluding carboxylic acids is 1. The maximum atomic E-state index is 11.5. The highest BCUT2D eigenvalue weighted by Gasteiger charge is 2.17. The Hall–Kier alpha value is -0.570. The molecule has 2 unspecified atom stereocenters. The zero-order valence-corrected chi connectivity index (χ0v) is 11.6. The maximum Gasteiger partial charge on any atom is 0.234 e. The molecule has 0 aromatic carbocycles. The normalized spacial score (nSPS) is 25.6. The van der Waals surface area contributed by atoms with Crippen molar-refractivity contribution in [2.24, 2.45) is 5.92 Å². The van der Waals surface area contributed by atoms with Gasteiger partial charge in [0.15, 0.2) is 0 Å². The molecule has 0 spiro atoms. The second-order valence-electron chi connectivity index (χ2n) is 5.58. The van der Waals surface area contributed by atoms with Crippen molar-refractivity contribution in [3.8, 4) is 0 Å². The predicted octanol–water partition coefficient (Wildman–Crippen LogP) is 2.46. The monoisotopic (exact) mass is 240 g/mol. The lowest BCUT2D eigenvalue weighted by Crippen LogP contribution is -2.41. The van der Waals surface area contributed by atoms with Gasteiger partial charge in [-0.25, -0.2) is 0 Å². The molecule has 0 aromatic heterocycles. The van der Waals surface area contributed by atoms with Crippen LogP contribution in [0.2, 0.25) is 0 Å². The lowest BCUT2D eigenvalue weighted by atomic mass is 9.98. The highest BCUT2D eigenvalue weighted by Crippen LogP contribution is 2.25. The Balaban J connectivity index is 2.21. The fraction of sp³-hybridized carbons (Fsp3) is 0.929. The number of rotatable bonds is 5. The fourth-order valence-electron chi connectivity index (χ4n) is 2.60. The number of carbonyl (C=O) groups is 1. The summed E-state index contributed by atoms with van der Waals surface area (Å²) in [5, 5.41) is 6.32. The molecule has 0 saturated heterocycles. The molecule has 1 fully saturated rings. The molecule has 2 atom stereocenters. The summed E-state index contributed by atoms with van der Waals surface area (Å²) >= 11 is 0.